The number of hydrogen-bond acceptors (Lipinski definition) is 3. The lowest BCUT2D eigenvalue weighted by atomic mass is 10.2. The maximum atomic E-state index is 11.8. The monoisotopic (exact) mass is 396 g/mol. The van der Waals surface area contributed by atoms with E-state index >= 15 is 0 Å². The number of alkyl halides is 1. The van der Waals surface area contributed by atoms with Crippen LogP contribution in [0, 0.1) is 10.1 Å². The number of nitro groups is 1. The lowest BCUT2D eigenvalue weighted by molar-refractivity contribution is -0.384. The Morgan fingerprint density at radius 1 is 1.50 bits per heavy atom. The number of halogens is 3. The molecule has 1 heterocycles. The van der Waals surface area contributed by atoms with Crippen molar-refractivity contribution in [2.24, 2.45) is 0 Å². The maximum Gasteiger partial charge on any atom is 0.295 e. The van der Waals surface area contributed by atoms with Gasteiger partial charge in [-0.2, -0.15) is 0 Å². The molecular formula is C10H7Br2ClN2O3. The number of carbonyl (C=O) groups excluding carboxylic acids is 1. The fraction of sp³-hybridized carbons (Fsp3) is 0.300. The summed E-state index contributed by atoms with van der Waals surface area (Å²) in [5, 5.41) is 11.3. The Kier molecular flexibility index (Phi) is 3.93. The minimum absolute atomic E-state index is 0.00665. The van der Waals surface area contributed by atoms with Crippen molar-refractivity contribution in [2.75, 3.05) is 11.4 Å². The van der Waals surface area contributed by atoms with Crippen LogP contribution in [0.3, 0.4) is 0 Å². The second-order valence-electron chi connectivity index (χ2n) is 3.82. The van der Waals surface area contributed by atoms with Gasteiger partial charge in [0.1, 0.15) is 5.69 Å². The highest BCUT2D eigenvalue weighted by Gasteiger charge is 2.34. The third-order valence-corrected chi connectivity index (χ3v) is 3.99. The molecule has 1 aliphatic rings. The fourth-order valence-electron chi connectivity index (χ4n) is 1.84. The van der Waals surface area contributed by atoms with Crippen molar-refractivity contribution in [1.82, 2.24) is 0 Å². The second-order valence-corrected chi connectivity index (χ2v) is 6.40. The van der Waals surface area contributed by atoms with Crippen molar-refractivity contribution in [3.63, 3.8) is 0 Å². The average Bonchev–Trinajstić information content (AvgIpc) is 2.56. The van der Waals surface area contributed by atoms with E-state index in [0.717, 1.165) is 0 Å². The van der Waals surface area contributed by atoms with E-state index < -0.39 is 4.92 Å². The smallest absolute Gasteiger partial charge is 0.295 e. The number of rotatable bonds is 2. The van der Waals surface area contributed by atoms with Crippen molar-refractivity contribution in [3.8, 4) is 0 Å². The van der Waals surface area contributed by atoms with Crippen LogP contribution in [0.2, 0.25) is 5.02 Å². The number of amides is 1. The van der Waals surface area contributed by atoms with Gasteiger partial charge in [-0.1, -0.05) is 27.5 Å². The third kappa shape index (κ3) is 2.53. The highest BCUT2D eigenvalue weighted by molar-refractivity contribution is 9.10. The summed E-state index contributed by atoms with van der Waals surface area (Å²) in [5.41, 5.74) is 0.0840. The molecule has 0 aromatic heterocycles. The zero-order valence-corrected chi connectivity index (χ0v) is 12.8. The van der Waals surface area contributed by atoms with Crippen LogP contribution in [0.15, 0.2) is 16.6 Å². The molecule has 0 spiro atoms. The van der Waals surface area contributed by atoms with Crippen LogP contribution in [0.5, 0.6) is 0 Å². The van der Waals surface area contributed by atoms with Crippen LogP contribution in [-0.4, -0.2) is 22.2 Å². The van der Waals surface area contributed by atoms with Crippen LogP contribution in [0.1, 0.15) is 6.42 Å². The molecule has 1 unspecified atom stereocenters. The molecule has 8 heteroatoms. The number of anilines is 1. The third-order valence-electron chi connectivity index (χ3n) is 2.55. The summed E-state index contributed by atoms with van der Waals surface area (Å²) in [5.74, 6) is -0.150. The molecule has 0 saturated carbocycles. The van der Waals surface area contributed by atoms with Gasteiger partial charge in [0.15, 0.2) is 0 Å². The maximum absolute atomic E-state index is 11.8. The summed E-state index contributed by atoms with van der Waals surface area (Å²) in [6.07, 6.45) is 0.326. The van der Waals surface area contributed by atoms with Crippen LogP contribution in [-0.2, 0) is 4.79 Å². The second kappa shape index (κ2) is 5.14. The molecule has 1 amide bonds. The summed E-state index contributed by atoms with van der Waals surface area (Å²) in [6.45, 7) is 0.403. The van der Waals surface area contributed by atoms with Gasteiger partial charge >= 0.3 is 0 Å². The van der Waals surface area contributed by atoms with E-state index in [1.54, 1.807) is 6.07 Å². The standard InChI is InChI=1S/C10H7Br2ClN2O3/c11-5-1-9(16)14(4-5)10-7(12)2-6(13)3-8(10)15(17)18/h2-3,5H,1,4H2. The van der Waals surface area contributed by atoms with Crippen molar-refractivity contribution in [1.29, 1.82) is 0 Å². The summed E-state index contributed by atoms with van der Waals surface area (Å²) in [6, 6.07) is 2.79. The predicted octanol–water partition coefficient (Wildman–Crippen LogP) is 3.51. The highest BCUT2D eigenvalue weighted by Crippen LogP contribution is 2.40. The largest absolute Gasteiger partial charge is 0.304 e. The fourth-order valence-corrected chi connectivity index (χ4v) is 3.41. The quantitative estimate of drug-likeness (QED) is 0.435. The Morgan fingerprint density at radius 3 is 2.67 bits per heavy atom. The van der Waals surface area contributed by atoms with E-state index in [2.05, 4.69) is 31.9 Å². The molecule has 96 valence electrons. The molecule has 0 aliphatic carbocycles. The molecule has 0 bridgehead atoms. The van der Waals surface area contributed by atoms with Crippen LogP contribution >= 0.6 is 43.5 Å². The zero-order chi connectivity index (χ0) is 13.4. The lowest BCUT2D eigenvalue weighted by Crippen LogP contribution is -2.25. The number of nitrogens with zero attached hydrogens (tertiary/aromatic N) is 2. The van der Waals surface area contributed by atoms with Gasteiger partial charge in [-0.3, -0.25) is 14.9 Å². The molecule has 1 fully saturated rings. The predicted molar refractivity (Wildman–Crippen MR) is 75.5 cm³/mol. The van der Waals surface area contributed by atoms with E-state index in [0.29, 0.717) is 17.4 Å². The number of hydrogen-bond donors (Lipinski definition) is 0. The number of nitro benzene ring substituents is 1. The van der Waals surface area contributed by atoms with E-state index in [1.807, 2.05) is 0 Å². The Balaban J connectivity index is 2.56. The van der Waals surface area contributed by atoms with E-state index in [4.69, 9.17) is 11.6 Å². The van der Waals surface area contributed by atoms with Crippen molar-refractivity contribution in [2.45, 2.75) is 11.2 Å². The number of carbonyl (C=O) groups is 1. The molecular weight excluding hydrogens is 391 g/mol. The SMILES string of the molecule is O=C1CC(Br)CN1c1c(Br)cc(Cl)cc1[N+](=O)[O-]. The Morgan fingerprint density at radius 2 is 2.17 bits per heavy atom. The van der Waals surface area contributed by atoms with Gasteiger partial charge in [-0.25, -0.2) is 0 Å². The van der Waals surface area contributed by atoms with Gasteiger partial charge < -0.3 is 4.90 Å². The molecule has 5 nitrogen and oxygen atoms in total. The Hall–Kier alpha value is -0.660. The normalized spacial score (nSPS) is 19.4. The molecule has 0 radical (unpaired) electrons. The summed E-state index contributed by atoms with van der Waals surface area (Å²) < 4.78 is 0.441. The van der Waals surface area contributed by atoms with Gasteiger partial charge in [0, 0.05) is 33.4 Å². The first-order chi connectivity index (χ1) is 8.40. The molecule has 0 N–H and O–H groups in total. The van der Waals surface area contributed by atoms with Gasteiger partial charge in [-0.15, -0.1) is 0 Å². The molecule has 1 saturated heterocycles. The van der Waals surface area contributed by atoms with Crippen molar-refractivity contribution < 1.29 is 9.72 Å². The first-order valence-corrected chi connectivity index (χ1v) is 7.06. The molecule has 2 rings (SSSR count). The topological polar surface area (TPSA) is 63.5 Å². The zero-order valence-electron chi connectivity index (χ0n) is 8.90. The van der Waals surface area contributed by atoms with Gasteiger partial charge in [-0.05, 0) is 22.0 Å². The molecule has 18 heavy (non-hydrogen) atoms. The van der Waals surface area contributed by atoms with E-state index in [9.17, 15) is 14.9 Å². The first kappa shape index (κ1) is 13.8. The highest BCUT2D eigenvalue weighted by atomic mass is 79.9. The minimum atomic E-state index is -0.541. The van der Waals surface area contributed by atoms with Crippen LogP contribution in [0.25, 0.3) is 0 Å². The summed E-state index contributed by atoms with van der Waals surface area (Å²) >= 11 is 12.4. The Bertz CT molecular complexity index is 538. The summed E-state index contributed by atoms with van der Waals surface area (Å²) in [7, 11) is 0. The van der Waals surface area contributed by atoms with Crippen molar-refractivity contribution in [3.05, 3.63) is 31.7 Å². The first-order valence-electron chi connectivity index (χ1n) is 4.98. The minimum Gasteiger partial charge on any atom is -0.304 e. The van der Waals surface area contributed by atoms with Gasteiger partial charge in [0.25, 0.3) is 5.69 Å². The van der Waals surface area contributed by atoms with Gasteiger partial charge in [0.2, 0.25) is 5.91 Å². The van der Waals surface area contributed by atoms with Gasteiger partial charge in [0.05, 0.1) is 4.92 Å². The molecule has 1 aromatic rings. The van der Waals surface area contributed by atoms with Crippen LogP contribution in [0.4, 0.5) is 11.4 Å². The van der Waals surface area contributed by atoms with E-state index in [-0.39, 0.29) is 27.1 Å². The molecule has 1 aliphatic heterocycles. The molecule has 1 aromatic carbocycles. The summed E-state index contributed by atoms with van der Waals surface area (Å²) in [4.78, 5) is 23.7. The molecule has 1 atom stereocenters. The van der Waals surface area contributed by atoms with E-state index in [1.165, 1.54) is 11.0 Å². The number of benzene rings is 1. The lowest BCUT2D eigenvalue weighted by Gasteiger charge is -2.17. The average molecular weight is 398 g/mol. The Labute approximate surface area is 124 Å². The van der Waals surface area contributed by atoms with Crippen LogP contribution < -0.4 is 4.90 Å². The van der Waals surface area contributed by atoms with Crippen molar-refractivity contribution >= 4 is 60.7 Å².